The number of aliphatic hydroxyl groups is 2. The first kappa shape index (κ1) is 26.5. The first-order valence-electron chi connectivity index (χ1n) is 7.87. The van der Waals surface area contributed by atoms with Gasteiger partial charge in [-0.15, -0.1) is 0 Å². The fourth-order valence-electron chi connectivity index (χ4n) is 1.09. The van der Waals surface area contributed by atoms with E-state index in [-0.39, 0.29) is 13.2 Å². The van der Waals surface area contributed by atoms with Crippen molar-refractivity contribution in [2.45, 2.75) is 46.5 Å². The Morgan fingerprint density at radius 3 is 1.83 bits per heavy atom. The molecule has 138 valence electrons. The third-order valence-electron chi connectivity index (χ3n) is 2.11. The van der Waals surface area contributed by atoms with Crippen LogP contribution in [0.5, 0.6) is 0 Å². The van der Waals surface area contributed by atoms with E-state index in [1.807, 2.05) is 13.8 Å². The molecule has 0 saturated carbocycles. The fourth-order valence-corrected chi connectivity index (χ4v) is 1.09. The Morgan fingerprint density at radius 1 is 0.913 bits per heavy atom. The van der Waals surface area contributed by atoms with Crippen molar-refractivity contribution in [1.29, 1.82) is 0 Å². The van der Waals surface area contributed by atoms with Gasteiger partial charge in [0, 0.05) is 25.4 Å². The molecule has 0 aromatic rings. The smallest absolute Gasteiger partial charge is 0.331 e. The molecule has 0 aliphatic rings. The Labute approximate surface area is 138 Å². The number of carboxylic acids is 1. The van der Waals surface area contributed by atoms with Crippen LogP contribution in [0.1, 0.15) is 46.5 Å². The number of carbonyl (C=O) groups is 2. The van der Waals surface area contributed by atoms with Gasteiger partial charge in [0.15, 0.2) is 0 Å². The number of rotatable bonds is 10. The molecule has 0 aromatic carbocycles. The van der Waals surface area contributed by atoms with Gasteiger partial charge in [-0.05, 0) is 20.3 Å². The molecule has 0 rings (SSSR count). The zero-order chi connectivity index (χ0) is 18.3. The van der Waals surface area contributed by atoms with Crippen LogP contribution in [-0.4, -0.2) is 60.3 Å². The zero-order valence-corrected chi connectivity index (χ0v) is 14.5. The van der Waals surface area contributed by atoms with Crippen molar-refractivity contribution in [3.8, 4) is 0 Å². The molecule has 0 unspecified atom stereocenters. The van der Waals surface area contributed by atoms with Crippen LogP contribution in [0, 0.1) is 0 Å². The van der Waals surface area contributed by atoms with E-state index in [1.165, 1.54) is 0 Å². The summed E-state index contributed by atoms with van der Waals surface area (Å²) in [5.41, 5.74) is 0. The molecule has 7 heteroatoms. The summed E-state index contributed by atoms with van der Waals surface area (Å²) < 4.78 is 9.58. The number of esters is 1. The average Bonchev–Trinajstić information content (AvgIpc) is 2.54. The maximum atomic E-state index is 10.8. The molecule has 0 spiro atoms. The van der Waals surface area contributed by atoms with Crippen LogP contribution in [0.15, 0.2) is 12.2 Å². The van der Waals surface area contributed by atoms with E-state index >= 15 is 0 Å². The molecule has 3 N–H and O–H groups in total. The topological polar surface area (TPSA) is 113 Å². The predicted molar refractivity (Wildman–Crippen MR) is 88.2 cm³/mol. The summed E-state index contributed by atoms with van der Waals surface area (Å²) in [6, 6.07) is 0. The maximum absolute atomic E-state index is 10.8. The van der Waals surface area contributed by atoms with Crippen LogP contribution in [0.4, 0.5) is 0 Å². The lowest BCUT2D eigenvalue weighted by molar-refractivity contribution is -0.138. The van der Waals surface area contributed by atoms with E-state index in [4.69, 9.17) is 24.8 Å². The van der Waals surface area contributed by atoms with Crippen molar-refractivity contribution < 1.29 is 34.4 Å². The fraction of sp³-hybridized carbons (Fsp3) is 0.750. The molecular formula is C16H32O7. The van der Waals surface area contributed by atoms with E-state index < -0.39 is 11.9 Å². The Balaban J connectivity index is -0.000000365. The van der Waals surface area contributed by atoms with Crippen LogP contribution >= 0.6 is 0 Å². The summed E-state index contributed by atoms with van der Waals surface area (Å²) in [6.45, 7) is 7.88. The molecule has 0 heterocycles. The Morgan fingerprint density at radius 2 is 1.48 bits per heavy atom. The Bertz CT molecular complexity index is 274. The molecule has 0 radical (unpaired) electrons. The summed E-state index contributed by atoms with van der Waals surface area (Å²) in [6.07, 6.45) is 5.82. The standard InChI is InChI=1S/C10H16O4.C4H10O.C2H6O2/c1-2-3-4-5-8-14-10(13)7-6-9(11)12;1-3-5-4-2;3-1-2-4/h6-7H,2-5,8H2,1H3,(H,11,12);3-4H2,1-2H3;3-4H,1-2H2/b7-6+;;. The monoisotopic (exact) mass is 336 g/mol. The second-order valence-corrected chi connectivity index (χ2v) is 4.13. The van der Waals surface area contributed by atoms with E-state index in [0.717, 1.165) is 51.0 Å². The van der Waals surface area contributed by atoms with E-state index in [0.29, 0.717) is 6.61 Å². The number of aliphatic carboxylic acids is 1. The van der Waals surface area contributed by atoms with Gasteiger partial charge in [-0.25, -0.2) is 9.59 Å². The summed E-state index contributed by atoms with van der Waals surface area (Å²) in [4.78, 5) is 20.8. The molecular weight excluding hydrogens is 304 g/mol. The molecule has 0 fully saturated rings. The van der Waals surface area contributed by atoms with Crippen LogP contribution in [0.3, 0.4) is 0 Å². The summed E-state index contributed by atoms with van der Waals surface area (Å²) in [7, 11) is 0. The molecule has 0 saturated heterocycles. The minimum Gasteiger partial charge on any atom is -0.478 e. The van der Waals surface area contributed by atoms with Crippen LogP contribution in [0.25, 0.3) is 0 Å². The van der Waals surface area contributed by atoms with Crippen LogP contribution in [-0.2, 0) is 19.1 Å². The minimum absolute atomic E-state index is 0.125. The number of hydrogen-bond acceptors (Lipinski definition) is 6. The highest BCUT2D eigenvalue weighted by molar-refractivity contribution is 5.90. The summed E-state index contributed by atoms with van der Waals surface area (Å²) in [5.74, 6) is -1.74. The molecule has 23 heavy (non-hydrogen) atoms. The highest BCUT2D eigenvalue weighted by Gasteiger charge is 1.97. The molecule has 0 amide bonds. The number of aliphatic hydroxyl groups excluding tert-OH is 2. The largest absolute Gasteiger partial charge is 0.478 e. The number of carboxylic acid groups (broad SMARTS) is 1. The van der Waals surface area contributed by atoms with Crippen molar-refractivity contribution in [2.24, 2.45) is 0 Å². The quantitative estimate of drug-likeness (QED) is 0.316. The second-order valence-electron chi connectivity index (χ2n) is 4.13. The lowest BCUT2D eigenvalue weighted by atomic mass is 10.2. The van der Waals surface area contributed by atoms with Gasteiger partial charge in [0.25, 0.3) is 0 Å². The minimum atomic E-state index is -1.15. The van der Waals surface area contributed by atoms with Gasteiger partial charge in [0.2, 0.25) is 0 Å². The second kappa shape index (κ2) is 25.5. The molecule has 7 nitrogen and oxygen atoms in total. The first-order chi connectivity index (χ1) is 11.0. The third kappa shape index (κ3) is 38.5. The third-order valence-corrected chi connectivity index (χ3v) is 2.11. The summed E-state index contributed by atoms with van der Waals surface area (Å²) in [5, 5.41) is 23.5. The number of hydrogen-bond donors (Lipinski definition) is 3. The highest BCUT2D eigenvalue weighted by Crippen LogP contribution is 1.99. The molecule has 0 atom stereocenters. The lowest BCUT2D eigenvalue weighted by Crippen LogP contribution is -2.03. The van der Waals surface area contributed by atoms with Crippen molar-refractivity contribution in [1.82, 2.24) is 0 Å². The van der Waals surface area contributed by atoms with Crippen molar-refractivity contribution in [3.63, 3.8) is 0 Å². The van der Waals surface area contributed by atoms with Gasteiger partial charge in [-0.2, -0.15) is 0 Å². The van der Waals surface area contributed by atoms with E-state index in [1.54, 1.807) is 0 Å². The number of carbonyl (C=O) groups excluding carboxylic acids is 1. The number of unbranched alkanes of at least 4 members (excludes halogenated alkanes) is 3. The predicted octanol–water partition coefficient (Wildman–Crippen LogP) is 1.76. The Hall–Kier alpha value is -1.44. The van der Waals surface area contributed by atoms with Gasteiger partial charge in [0.1, 0.15) is 0 Å². The van der Waals surface area contributed by atoms with Crippen LogP contribution < -0.4 is 0 Å². The first-order valence-corrected chi connectivity index (χ1v) is 7.87. The molecule has 0 aromatic heterocycles. The maximum Gasteiger partial charge on any atom is 0.331 e. The van der Waals surface area contributed by atoms with Crippen molar-refractivity contribution in [3.05, 3.63) is 12.2 Å². The van der Waals surface area contributed by atoms with Gasteiger partial charge >= 0.3 is 11.9 Å². The summed E-state index contributed by atoms with van der Waals surface area (Å²) >= 11 is 0. The van der Waals surface area contributed by atoms with Gasteiger partial charge in [0.05, 0.1) is 19.8 Å². The van der Waals surface area contributed by atoms with Crippen LogP contribution in [0.2, 0.25) is 0 Å². The number of ether oxygens (including phenoxy) is 2. The van der Waals surface area contributed by atoms with Gasteiger partial charge < -0.3 is 24.8 Å². The van der Waals surface area contributed by atoms with Crippen molar-refractivity contribution in [2.75, 3.05) is 33.0 Å². The van der Waals surface area contributed by atoms with Gasteiger partial charge in [-0.3, -0.25) is 0 Å². The zero-order valence-electron chi connectivity index (χ0n) is 14.5. The normalized spacial score (nSPS) is 9.43. The molecule has 0 aliphatic carbocycles. The SMILES string of the molecule is CCCCCCOC(=O)/C=C/C(=O)O.CCOCC.OCCO. The van der Waals surface area contributed by atoms with Gasteiger partial charge in [-0.1, -0.05) is 26.2 Å². The average molecular weight is 336 g/mol. The highest BCUT2D eigenvalue weighted by atomic mass is 16.5. The van der Waals surface area contributed by atoms with E-state index in [9.17, 15) is 9.59 Å². The molecule has 0 aliphatic heterocycles. The van der Waals surface area contributed by atoms with Crippen molar-refractivity contribution >= 4 is 11.9 Å². The van der Waals surface area contributed by atoms with E-state index in [2.05, 4.69) is 6.92 Å². The lowest BCUT2D eigenvalue weighted by Gasteiger charge is -2.00. The molecule has 0 bridgehead atoms. The Kier molecular flexibility index (Phi) is 29.3.